The zero-order chi connectivity index (χ0) is 19.6. The van der Waals surface area contributed by atoms with Gasteiger partial charge in [0.2, 0.25) is 0 Å². The van der Waals surface area contributed by atoms with E-state index in [1.54, 1.807) is 0 Å². The van der Waals surface area contributed by atoms with E-state index in [4.69, 9.17) is 5.10 Å². The summed E-state index contributed by atoms with van der Waals surface area (Å²) in [7, 11) is 2.17. The normalized spacial score (nSPS) is 30.0. The fourth-order valence-electron chi connectivity index (χ4n) is 6.00. The smallest absolute Gasteiger partial charge is 0.0658 e. The summed E-state index contributed by atoms with van der Waals surface area (Å²) >= 11 is 0. The van der Waals surface area contributed by atoms with Gasteiger partial charge in [0.25, 0.3) is 0 Å². The molecular weight excluding hydrogens is 358 g/mol. The van der Waals surface area contributed by atoms with Crippen molar-refractivity contribution < 1.29 is 0 Å². The van der Waals surface area contributed by atoms with E-state index in [0.29, 0.717) is 17.9 Å². The molecule has 156 valence electrons. The average Bonchev–Trinajstić information content (AvgIpc) is 3.17. The molecule has 6 rings (SSSR count). The number of rotatable bonds is 6. The van der Waals surface area contributed by atoms with Crippen LogP contribution < -0.4 is 5.32 Å². The topological polar surface area (TPSA) is 46.0 Å². The minimum Gasteiger partial charge on any atom is -0.310 e. The maximum absolute atomic E-state index is 4.97. The number of aryl methyl sites for hydroxylation is 1. The van der Waals surface area contributed by atoms with Gasteiger partial charge in [-0.2, -0.15) is 5.10 Å². The second-order valence-corrected chi connectivity index (χ2v) is 9.44. The molecule has 2 aromatic rings. The van der Waals surface area contributed by atoms with Crippen LogP contribution in [0.4, 0.5) is 0 Å². The van der Waals surface area contributed by atoms with Crippen LogP contribution in [0.15, 0.2) is 30.5 Å². The van der Waals surface area contributed by atoms with Gasteiger partial charge in [0.05, 0.1) is 11.4 Å². The maximum atomic E-state index is 4.97. The first-order valence-electron chi connectivity index (χ1n) is 11.7. The maximum Gasteiger partial charge on any atom is 0.0658 e. The van der Waals surface area contributed by atoms with Crippen molar-refractivity contribution in [3.8, 4) is 0 Å². The molecule has 3 aliphatic heterocycles. The van der Waals surface area contributed by atoms with E-state index >= 15 is 0 Å². The molecule has 4 aliphatic rings. The van der Waals surface area contributed by atoms with Crippen LogP contribution in [0.1, 0.15) is 73.9 Å². The van der Waals surface area contributed by atoms with Crippen molar-refractivity contribution in [3.63, 3.8) is 0 Å². The number of hydrogen-bond acceptors (Lipinski definition) is 4. The Hall–Kier alpha value is -1.72. The molecule has 3 saturated heterocycles. The molecule has 4 unspecified atom stereocenters. The summed E-state index contributed by atoms with van der Waals surface area (Å²) in [4.78, 5) is 7.15. The number of piperidine rings is 3. The lowest BCUT2D eigenvalue weighted by Gasteiger charge is -2.50. The standard InChI is InChI=1S/C24H35N5/c1-28-24(14-23(27-28)18-7-3-2-4-8-18)22-17-29-12-10-19(22)13-21(29)16-25-15-20-9-5-6-11-26-20/h5-6,9,11,14,18-19,21-22,25H,2-4,7-8,10,12-13,15-17H2,1H3. The first-order valence-corrected chi connectivity index (χ1v) is 11.7. The number of fused-ring (bicyclic) bond motifs is 3. The summed E-state index contributed by atoms with van der Waals surface area (Å²) in [6.45, 7) is 4.39. The molecule has 0 spiro atoms. The molecule has 5 heterocycles. The van der Waals surface area contributed by atoms with Crippen LogP contribution in [-0.2, 0) is 13.6 Å². The van der Waals surface area contributed by atoms with Crippen molar-refractivity contribution in [2.75, 3.05) is 19.6 Å². The molecule has 4 fully saturated rings. The fourth-order valence-corrected chi connectivity index (χ4v) is 6.00. The van der Waals surface area contributed by atoms with Gasteiger partial charge in [-0.1, -0.05) is 25.3 Å². The highest BCUT2D eigenvalue weighted by Crippen LogP contribution is 2.42. The highest BCUT2D eigenvalue weighted by molar-refractivity contribution is 5.21. The Labute approximate surface area is 174 Å². The van der Waals surface area contributed by atoms with Gasteiger partial charge in [-0.05, 0) is 56.3 Å². The van der Waals surface area contributed by atoms with Crippen molar-refractivity contribution in [3.05, 3.63) is 47.5 Å². The molecule has 0 aromatic carbocycles. The Bertz CT molecular complexity index is 795. The Morgan fingerprint density at radius 2 is 2.03 bits per heavy atom. The second-order valence-electron chi connectivity index (χ2n) is 9.44. The van der Waals surface area contributed by atoms with E-state index < -0.39 is 0 Å². The van der Waals surface area contributed by atoms with Crippen LogP contribution >= 0.6 is 0 Å². The number of nitrogens with zero attached hydrogens (tertiary/aromatic N) is 4. The first kappa shape index (κ1) is 19.3. The van der Waals surface area contributed by atoms with Crippen molar-refractivity contribution in [2.24, 2.45) is 13.0 Å². The fraction of sp³-hybridized carbons (Fsp3) is 0.667. The second kappa shape index (κ2) is 8.57. The Balaban J connectivity index is 1.21. The van der Waals surface area contributed by atoms with E-state index in [9.17, 15) is 0 Å². The van der Waals surface area contributed by atoms with E-state index in [-0.39, 0.29) is 0 Å². The number of nitrogens with one attached hydrogen (secondary N) is 1. The molecule has 1 saturated carbocycles. The third-order valence-electron chi connectivity index (χ3n) is 7.63. The molecule has 4 atom stereocenters. The zero-order valence-corrected chi connectivity index (χ0v) is 17.8. The largest absolute Gasteiger partial charge is 0.310 e. The van der Waals surface area contributed by atoms with Crippen LogP contribution in [-0.4, -0.2) is 45.3 Å². The van der Waals surface area contributed by atoms with Crippen molar-refractivity contribution in [1.29, 1.82) is 0 Å². The van der Waals surface area contributed by atoms with Crippen LogP contribution in [0.25, 0.3) is 0 Å². The molecule has 0 radical (unpaired) electrons. The summed E-state index contributed by atoms with van der Waals surface area (Å²) in [5.74, 6) is 2.16. The molecule has 5 heteroatoms. The van der Waals surface area contributed by atoms with Crippen LogP contribution in [0.3, 0.4) is 0 Å². The summed E-state index contributed by atoms with van der Waals surface area (Å²) in [6, 6.07) is 9.28. The zero-order valence-electron chi connectivity index (χ0n) is 17.8. The molecule has 29 heavy (non-hydrogen) atoms. The predicted octanol–water partition coefficient (Wildman–Crippen LogP) is 3.83. The van der Waals surface area contributed by atoms with E-state index in [1.165, 1.54) is 69.4 Å². The van der Waals surface area contributed by atoms with Gasteiger partial charge in [0.1, 0.15) is 0 Å². The van der Waals surface area contributed by atoms with Crippen molar-refractivity contribution >= 4 is 0 Å². The lowest BCUT2D eigenvalue weighted by Crippen LogP contribution is -2.55. The first-order chi connectivity index (χ1) is 14.3. The van der Waals surface area contributed by atoms with Gasteiger partial charge in [-0.15, -0.1) is 0 Å². The van der Waals surface area contributed by atoms with Gasteiger partial charge in [0.15, 0.2) is 0 Å². The summed E-state index contributed by atoms with van der Waals surface area (Å²) in [6.07, 6.45) is 11.4. The van der Waals surface area contributed by atoms with Gasteiger partial charge in [-0.25, -0.2) is 0 Å². The van der Waals surface area contributed by atoms with Gasteiger partial charge in [-0.3, -0.25) is 14.6 Å². The SMILES string of the molecule is Cn1nc(C2CCCCC2)cc1C1CN2CCC1CC2CNCc1ccccn1. The van der Waals surface area contributed by atoms with Crippen molar-refractivity contribution in [2.45, 2.75) is 69.4 Å². The number of pyridine rings is 1. The van der Waals surface area contributed by atoms with E-state index in [1.807, 2.05) is 12.3 Å². The summed E-state index contributed by atoms with van der Waals surface area (Å²) in [5.41, 5.74) is 3.99. The van der Waals surface area contributed by atoms with Crippen LogP contribution in [0.5, 0.6) is 0 Å². The van der Waals surface area contributed by atoms with E-state index in [0.717, 1.165) is 24.7 Å². The minimum absolute atomic E-state index is 0.658. The average molecular weight is 394 g/mol. The highest BCUT2D eigenvalue weighted by Gasteiger charge is 2.41. The Morgan fingerprint density at radius 3 is 2.79 bits per heavy atom. The lowest BCUT2D eigenvalue weighted by atomic mass is 9.74. The van der Waals surface area contributed by atoms with Gasteiger partial charge in [0, 0.05) is 56.5 Å². The number of aromatic nitrogens is 3. The van der Waals surface area contributed by atoms with Crippen LogP contribution in [0, 0.1) is 5.92 Å². The van der Waals surface area contributed by atoms with Gasteiger partial charge < -0.3 is 5.32 Å². The Kier molecular flexibility index (Phi) is 5.69. The summed E-state index contributed by atoms with van der Waals surface area (Å²) < 4.78 is 2.21. The van der Waals surface area contributed by atoms with E-state index in [2.05, 4.69) is 45.1 Å². The highest BCUT2D eigenvalue weighted by atomic mass is 15.3. The predicted molar refractivity (Wildman–Crippen MR) is 116 cm³/mol. The molecule has 5 nitrogen and oxygen atoms in total. The van der Waals surface area contributed by atoms with Crippen LogP contribution in [0.2, 0.25) is 0 Å². The molecule has 2 aromatic heterocycles. The molecule has 1 aliphatic carbocycles. The quantitative estimate of drug-likeness (QED) is 0.810. The lowest BCUT2D eigenvalue weighted by molar-refractivity contribution is 0.0281. The minimum atomic E-state index is 0.658. The monoisotopic (exact) mass is 393 g/mol. The number of hydrogen-bond donors (Lipinski definition) is 1. The van der Waals surface area contributed by atoms with Gasteiger partial charge >= 0.3 is 0 Å². The molecule has 0 amide bonds. The molecule has 2 bridgehead atoms. The molecular formula is C24H35N5. The third-order valence-corrected chi connectivity index (χ3v) is 7.63. The third kappa shape index (κ3) is 4.13. The Morgan fingerprint density at radius 1 is 1.14 bits per heavy atom. The van der Waals surface area contributed by atoms with Crippen molar-refractivity contribution in [1.82, 2.24) is 25.0 Å². The molecule has 1 N–H and O–H groups in total. The summed E-state index contributed by atoms with van der Waals surface area (Å²) in [5, 5.41) is 8.62.